The van der Waals surface area contributed by atoms with E-state index in [0.29, 0.717) is 0 Å². The normalized spacial score (nSPS) is 12.4. The predicted molar refractivity (Wildman–Crippen MR) is 98.0 cm³/mol. The van der Waals surface area contributed by atoms with Crippen molar-refractivity contribution in [2.45, 2.75) is 19.0 Å². The van der Waals surface area contributed by atoms with E-state index in [0.717, 1.165) is 22.7 Å². The third kappa shape index (κ3) is 4.82. The molecule has 0 saturated carbocycles. The highest BCUT2D eigenvalue weighted by Gasteiger charge is 2.30. The summed E-state index contributed by atoms with van der Waals surface area (Å²) in [5, 5.41) is 13.8. The Hall–Kier alpha value is -2.94. The van der Waals surface area contributed by atoms with E-state index in [9.17, 15) is 18.0 Å². The number of nitrogens with one attached hydrogen (secondary N) is 2. The summed E-state index contributed by atoms with van der Waals surface area (Å²) in [4.78, 5) is 12.0. The molecule has 1 atom stereocenters. The van der Waals surface area contributed by atoms with Gasteiger partial charge in [-0.25, -0.2) is 4.79 Å². The molecule has 1 heterocycles. The Kier molecular flexibility index (Phi) is 5.41. The Labute approximate surface area is 157 Å². The van der Waals surface area contributed by atoms with Gasteiger partial charge in [0.05, 0.1) is 5.56 Å². The first-order chi connectivity index (χ1) is 12.8. The number of carbonyl (C=O) groups is 1. The fourth-order valence-electron chi connectivity index (χ4n) is 2.38. The molecule has 9 heteroatoms. The van der Waals surface area contributed by atoms with Crippen LogP contribution < -0.4 is 10.6 Å². The highest BCUT2D eigenvalue weighted by atomic mass is 32.1. The lowest BCUT2D eigenvalue weighted by Gasteiger charge is -2.09. The van der Waals surface area contributed by atoms with Gasteiger partial charge in [-0.05, 0) is 23.8 Å². The number of nitrogens with zero attached hydrogens (tertiary/aromatic N) is 2. The number of anilines is 2. The van der Waals surface area contributed by atoms with Crippen LogP contribution >= 0.6 is 11.3 Å². The number of hydrogen-bond acceptors (Lipinski definition) is 4. The maximum absolute atomic E-state index is 12.7. The maximum Gasteiger partial charge on any atom is 0.416 e. The monoisotopic (exact) mass is 392 g/mol. The molecule has 0 aliphatic heterocycles. The molecular formula is C18H15F3N4OS. The molecule has 0 fully saturated rings. The Morgan fingerprint density at radius 1 is 1.04 bits per heavy atom. The van der Waals surface area contributed by atoms with E-state index in [1.807, 2.05) is 37.3 Å². The number of urea groups is 1. The average molecular weight is 392 g/mol. The Bertz CT molecular complexity index is 928. The van der Waals surface area contributed by atoms with Gasteiger partial charge >= 0.3 is 12.2 Å². The average Bonchev–Trinajstić information content (AvgIpc) is 3.09. The zero-order valence-electron chi connectivity index (χ0n) is 14.1. The summed E-state index contributed by atoms with van der Waals surface area (Å²) in [7, 11) is 0. The molecule has 2 N–H and O–H groups in total. The number of carbonyl (C=O) groups excluding carboxylic acids is 1. The molecular weight excluding hydrogens is 377 g/mol. The summed E-state index contributed by atoms with van der Waals surface area (Å²) in [6, 6.07) is 13.4. The van der Waals surface area contributed by atoms with Crippen molar-refractivity contribution in [2.24, 2.45) is 0 Å². The topological polar surface area (TPSA) is 66.9 Å². The number of aromatic nitrogens is 2. The van der Waals surface area contributed by atoms with Crippen LogP contribution in [0.25, 0.3) is 0 Å². The van der Waals surface area contributed by atoms with Gasteiger partial charge < -0.3 is 5.32 Å². The zero-order valence-corrected chi connectivity index (χ0v) is 14.9. The van der Waals surface area contributed by atoms with Gasteiger partial charge in [-0.3, -0.25) is 5.32 Å². The van der Waals surface area contributed by atoms with E-state index < -0.39 is 17.8 Å². The van der Waals surface area contributed by atoms with Crippen LogP contribution in [-0.2, 0) is 6.18 Å². The second-order valence-electron chi connectivity index (χ2n) is 5.74. The first kappa shape index (κ1) is 18.8. The van der Waals surface area contributed by atoms with Crippen LogP contribution in [0, 0.1) is 0 Å². The van der Waals surface area contributed by atoms with Gasteiger partial charge in [0.15, 0.2) is 0 Å². The van der Waals surface area contributed by atoms with Crippen molar-refractivity contribution in [3.8, 4) is 0 Å². The molecule has 3 aromatic rings. The first-order valence-corrected chi connectivity index (χ1v) is 8.78. The molecule has 0 saturated heterocycles. The minimum absolute atomic E-state index is 0.00535. The predicted octanol–water partition coefficient (Wildman–Crippen LogP) is 5.35. The van der Waals surface area contributed by atoms with Gasteiger partial charge in [0.2, 0.25) is 5.13 Å². The maximum atomic E-state index is 12.7. The Morgan fingerprint density at radius 3 is 2.48 bits per heavy atom. The van der Waals surface area contributed by atoms with Gasteiger partial charge in [0, 0.05) is 11.6 Å². The third-order valence-electron chi connectivity index (χ3n) is 3.78. The van der Waals surface area contributed by atoms with Gasteiger partial charge in [-0.15, -0.1) is 10.2 Å². The number of amides is 2. The minimum Gasteiger partial charge on any atom is -0.308 e. The van der Waals surface area contributed by atoms with Gasteiger partial charge in [-0.1, -0.05) is 54.7 Å². The van der Waals surface area contributed by atoms with Crippen molar-refractivity contribution < 1.29 is 18.0 Å². The third-order valence-corrected chi connectivity index (χ3v) is 4.80. The molecule has 2 aromatic carbocycles. The number of alkyl halides is 3. The molecule has 140 valence electrons. The molecule has 0 unspecified atom stereocenters. The van der Waals surface area contributed by atoms with Crippen molar-refractivity contribution in [3.05, 3.63) is 70.7 Å². The molecule has 0 bridgehead atoms. The van der Waals surface area contributed by atoms with Crippen molar-refractivity contribution in [2.75, 3.05) is 10.6 Å². The van der Waals surface area contributed by atoms with E-state index in [-0.39, 0.29) is 16.7 Å². The Balaban J connectivity index is 1.65. The molecule has 0 radical (unpaired) electrons. The standard InChI is InChI=1S/C18H15F3N4OS/c1-11(12-6-3-2-4-7-12)15-24-25-17(27-15)23-16(26)22-14-9-5-8-13(10-14)18(19,20)21/h2-11H,1H3,(H2,22,23,25,26)/t11-/m1/s1. The van der Waals surface area contributed by atoms with Crippen molar-refractivity contribution >= 4 is 28.2 Å². The number of rotatable bonds is 4. The molecule has 1 aromatic heterocycles. The van der Waals surface area contributed by atoms with Crippen LogP contribution in [0.15, 0.2) is 54.6 Å². The Morgan fingerprint density at radius 2 is 1.78 bits per heavy atom. The smallest absolute Gasteiger partial charge is 0.308 e. The molecule has 0 aliphatic carbocycles. The van der Waals surface area contributed by atoms with Crippen LogP contribution in [0.2, 0.25) is 0 Å². The lowest BCUT2D eigenvalue weighted by Crippen LogP contribution is -2.19. The fraction of sp³-hybridized carbons (Fsp3) is 0.167. The van der Waals surface area contributed by atoms with Gasteiger partial charge in [0.1, 0.15) is 5.01 Å². The summed E-state index contributed by atoms with van der Waals surface area (Å²) in [5.41, 5.74) is 0.258. The second-order valence-corrected chi connectivity index (χ2v) is 6.74. The number of hydrogen-bond donors (Lipinski definition) is 2. The molecule has 3 rings (SSSR count). The summed E-state index contributed by atoms with van der Waals surface area (Å²) in [6.45, 7) is 1.97. The highest BCUT2D eigenvalue weighted by molar-refractivity contribution is 7.15. The SMILES string of the molecule is C[C@H](c1ccccc1)c1nnc(NC(=O)Nc2cccc(C(F)(F)F)c2)s1. The largest absolute Gasteiger partial charge is 0.416 e. The number of benzene rings is 2. The lowest BCUT2D eigenvalue weighted by molar-refractivity contribution is -0.137. The summed E-state index contributed by atoms with van der Waals surface area (Å²) in [5.74, 6) is 0.00535. The molecule has 0 aliphatic rings. The molecule has 2 amide bonds. The van der Waals surface area contributed by atoms with Crippen LogP contribution in [-0.4, -0.2) is 16.2 Å². The molecule has 27 heavy (non-hydrogen) atoms. The second kappa shape index (κ2) is 7.75. The van der Waals surface area contributed by atoms with Crippen molar-refractivity contribution in [1.82, 2.24) is 10.2 Å². The summed E-state index contributed by atoms with van der Waals surface area (Å²) >= 11 is 1.21. The zero-order chi connectivity index (χ0) is 19.4. The lowest BCUT2D eigenvalue weighted by atomic mass is 10.0. The quantitative estimate of drug-likeness (QED) is 0.629. The van der Waals surface area contributed by atoms with Crippen molar-refractivity contribution in [1.29, 1.82) is 0 Å². The highest BCUT2D eigenvalue weighted by Crippen LogP contribution is 2.31. The summed E-state index contributed by atoms with van der Waals surface area (Å²) < 4.78 is 38.2. The van der Waals surface area contributed by atoms with Crippen LogP contribution in [0.3, 0.4) is 0 Å². The minimum atomic E-state index is -4.48. The van der Waals surface area contributed by atoms with Gasteiger partial charge in [-0.2, -0.15) is 13.2 Å². The molecule has 0 spiro atoms. The van der Waals surface area contributed by atoms with E-state index >= 15 is 0 Å². The van der Waals surface area contributed by atoms with E-state index in [1.54, 1.807) is 0 Å². The first-order valence-electron chi connectivity index (χ1n) is 7.96. The molecule has 5 nitrogen and oxygen atoms in total. The van der Waals surface area contributed by atoms with Crippen LogP contribution in [0.1, 0.15) is 29.0 Å². The van der Waals surface area contributed by atoms with Crippen LogP contribution in [0.4, 0.5) is 28.8 Å². The van der Waals surface area contributed by atoms with Crippen molar-refractivity contribution in [3.63, 3.8) is 0 Å². The van der Waals surface area contributed by atoms with E-state index in [2.05, 4.69) is 20.8 Å². The van der Waals surface area contributed by atoms with E-state index in [1.165, 1.54) is 23.5 Å². The van der Waals surface area contributed by atoms with Crippen LogP contribution in [0.5, 0.6) is 0 Å². The number of halogens is 3. The van der Waals surface area contributed by atoms with E-state index in [4.69, 9.17) is 0 Å². The van der Waals surface area contributed by atoms with Gasteiger partial charge in [0.25, 0.3) is 0 Å². The summed E-state index contributed by atoms with van der Waals surface area (Å²) in [6.07, 6.45) is -4.48. The fourth-order valence-corrected chi connectivity index (χ4v) is 3.20.